The molecule has 3 N–H and O–H groups in total. The van der Waals surface area contributed by atoms with E-state index < -0.39 is 41.2 Å². The van der Waals surface area contributed by atoms with Crippen LogP contribution in [0.5, 0.6) is 5.75 Å². The first-order valence-electron chi connectivity index (χ1n) is 13.4. The van der Waals surface area contributed by atoms with Gasteiger partial charge >= 0.3 is 0 Å². The number of aliphatic hydroxyl groups excluding tert-OH is 1. The van der Waals surface area contributed by atoms with E-state index in [4.69, 9.17) is 9.47 Å². The van der Waals surface area contributed by atoms with Gasteiger partial charge in [0.15, 0.2) is 0 Å². The summed E-state index contributed by atoms with van der Waals surface area (Å²) in [6.07, 6.45) is 1.38. The van der Waals surface area contributed by atoms with Gasteiger partial charge in [0, 0.05) is 11.2 Å². The smallest absolute Gasteiger partial charge is 0.246 e. The Labute approximate surface area is 219 Å². The first-order chi connectivity index (χ1) is 17.5. The maximum Gasteiger partial charge on any atom is 0.246 e. The quantitative estimate of drug-likeness (QED) is 0.466. The van der Waals surface area contributed by atoms with Crippen LogP contribution in [0.3, 0.4) is 0 Å². The number of benzene rings is 1. The van der Waals surface area contributed by atoms with Crippen LogP contribution in [0.25, 0.3) is 0 Å². The first-order valence-corrected chi connectivity index (χ1v) is 13.4. The molecular formula is C28H41N3O6. The summed E-state index contributed by atoms with van der Waals surface area (Å²) in [7, 11) is 0. The highest BCUT2D eigenvalue weighted by Crippen LogP contribution is 2.59. The number of carbonyl (C=O) groups excluding carboxylic acids is 3. The van der Waals surface area contributed by atoms with Crippen LogP contribution in [0.2, 0.25) is 0 Å². The second-order valence-corrected chi connectivity index (χ2v) is 11.6. The molecule has 4 rings (SSSR count). The lowest BCUT2D eigenvalue weighted by atomic mass is 9.70. The lowest BCUT2D eigenvalue weighted by Gasteiger charge is -2.40. The number of likely N-dealkylation sites (tertiary alicyclic amines) is 1. The zero-order chi connectivity index (χ0) is 27.1. The van der Waals surface area contributed by atoms with Gasteiger partial charge in [-0.15, -0.1) is 0 Å². The van der Waals surface area contributed by atoms with Gasteiger partial charge in [-0.25, -0.2) is 0 Å². The Balaban J connectivity index is 1.68. The number of anilines is 1. The third kappa shape index (κ3) is 4.83. The van der Waals surface area contributed by atoms with Gasteiger partial charge in [0.05, 0.1) is 37.2 Å². The summed E-state index contributed by atoms with van der Waals surface area (Å²) < 4.78 is 12.0. The number of rotatable bonds is 9. The second-order valence-electron chi connectivity index (χ2n) is 11.6. The average molecular weight is 516 g/mol. The number of carbonyl (C=O) groups is 3. The van der Waals surface area contributed by atoms with Gasteiger partial charge in [0.2, 0.25) is 17.7 Å². The highest BCUT2D eigenvalue weighted by Gasteiger charge is 2.75. The van der Waals surface area contributed by atoms with Crippen molar-refractivity contribution < 1.29 is 29.0 Å². The topological polar surface area (TPSA) is 117 Å². The molecule has 9 nitrogen and oxygen atoms in total. The molecule has 3 aliphatic rings. The summed E-state index contributed by atoms with van der Waals surface area (Å²) in [6, 6.07) is 5.63. The Morgan fingerprint density at radius 3 is 2.46 bits per heavy atom. The maximum atomic E-state index is 14.1. The van der Waals surface area contributed by atoms with E-state index in [9.17, 15) is 19.5 Å². The summed E-state index contributed by atoms with van der Waals surface area (Å²) in [5, 5.41) is 16.3. The number of nitrogens with one attached hydrogen (secondary N) is 2. The van der Waals surface area contributed by atoms with Crippen molar-refractivity contribution >= 4 is 23.4 Å². The molecule has 3 saturated heterocycles. The molecule has 1 aromatic rings. The average Bonchev–Trinajstić information content (AvgIpc) is 3.47. The maximum absolute atomic E-state index is 14.1. The van der Waals surface area contributed by atoms with Crippen LogP contribution in [-0.2, 0) is 19.1 Å². The minimum Gasteiger partial charge on any atom is -0.494 e. The number of aliphatic hydroxyl groups is 1. The summed E-state index contributed by atoms with van der Waals surface area (Å²) in [6.45, 7) is 11.8. The molecule has 204 valence electrons. The zero-order valence-electron chi connectivity index (χ0n) is 22.7. The standard InChI is InChI=1S/C28H41N3O6/c1-7-16(3)19(15-32)31-23(25(34)30-27(4,5)6)28-14-13-20(37-28)21(22(28)26(31)35)24(33)29-17-9-11-18(12-10-17)36-8-2/h9-12,16,19-23,32H,7-8,13-15H2,1-6H3,(H,29,33)(H,30,34)/t16-,19-,20-,21+,22-,23?,28?/m0/s1. The van der Waals surface area contributed by atoms with E-state index in [1.165, 1.54) is 0 Å². The molecule has 1 spiro atoms. The van der Waals surface area contributed by atoms with E-state index in [0.29, 0.717) is 30.9 Å². The molecule has 0 radical (unpaired) electrons. The van der Waals surface area contributed by atoms with Crippen molar-refractivity contribution in [2.45, 2.75) is 90.1 Å². The molecule has 0 saturated carbocycles. The molecular weight excluding hydrogens is 474 g/mol. The Morgan fingerprint density at radius 2 is 1.89 bits per heavy atom. The van der Waals surface area contributed by atoms with Crippen molar-refractivity contribution in [1.82, 2.24) is 10.2 Å². The van der Waals surface area contributed by atoms with Gasteiger partial charge < -0.3 is 30.1 Å². The second kappa shape index (κ2) is 10.3. The largest absolute Gasteiger partial charge is 0.494 e. The van der Waals surface area contributed by atoms with E-state index >= 15 is 0 Å². The van der Waals surface area contributed by atoms with Crippen molar-refractivity contribution in [2.24, 2.45) is 17.8 Å². The molecule has 0 aliphatic carbocycles. The Bertz CT molecular complexity index is 1020. The molecule has 7 atom stereocenters. The van der Waals surface area contributed by atoms with Gasteiger partial charge in [-0.1, -0.05) is 20.3 Å². The minimum absolute atomic E-state index is 0.0394. The summed E-state index contributed by atoms with van der Waals surface area (Å²) >= 11 is 0. The molecule has 37 heavy (non-hydrogen) atoms. The van der Waals surface area contributed by atoms with Gasteiger partial charge in [0.1, 0.15) is 17.4 Å². The lowest BCUT2D eigenvalue weighted by molar-refractivity contribution is -0.147. The van der Waals surface area contributed by atoms with E-state index in [0.717, 1.165) is 6.42 Å². The zero-order valence-corrected chi connectivity index (χ0v) is 22.7. The van der Waals surface area contributed by atoms with Gasteiger partial charge in [-0.2, -0.15) is 0 Å². The SMILES string of the molecule is CCOc1ccc(NC(=O)[C@@H]2[C@@H]3CCC4(O3)C(C(=O)NC(C)(C)C)N([C@@H](CO)[C@@H](C)CC)C(=O)[C@H]24)cc1. The Morgan fingerprint density at radius 1 is 1.22 bits per heavy atom. The summed E-state index contributed by atoms with van der Waals surface area (Å²) in [5.41, 5.74) is -1.02. The number of hydrogen-bond acceptors (Lipinski definition) is 6. The van der Waals surface area contributed by atoms with Crippen LogP contribution >= 0.6 is 0 Å². The number of ether oxygens (including phenoxy) is 2. The van der Waals surface area contributed by atoms with Crippen LogP contribution in [0, 0.1) is 17.8 Å². The lowest BCUT2D eigenvalue weighted by Crippen LogP contribution is -2.61. The molecule has 3 heterocycles. The van der Waals surface area contributed by atoms with E-state index in [-0.39, 0.29) is 30.2 Å². The van der Waals surface area contributed by atoms with E-state index in [1.807, 2.05) is 41.5 Å². The highest BCUT2D eigenvalue weighted by atomic mass is 16.5. The fraction of sp³-hybridized carbons (Fsp3) is 0.679. The third-order valence-corrected chi connectivity index (χ3v) is 8.07. The molecule has 3 aliphatic heterocycles. The van der Waals surface area contributed by atoms with Gasteiger partial charge in [-0.3, -0.25) is 14.4 Å². The van der Waals surface area contributed by atoms with Crippen LogP contribution in [-0.4, -0.2) is 70.3 Å². The van der Waals surface area contributed by atoms with Gasteiger partial charge in [-0.05, 0) is 70.7 Å². The van der Waals surface area contributed by atoms with Crippen molar-refractivity contribution in [3.05, 3.63) is 24.3 Å². The summed E-state index contributed by atoms with van der Waals surface area (Å²) in [5.74, 6) is -1.74. The molecule has 2 unspecified atom stereocenters. The monoisotopic (exact) mass is 515 g/mol. The van der Waals surface area contributed by atoms with Crippen molar-refractivity contribution in [1.29, 1.82) is 0 Å². The predicted molar refractivity (Wildman–Crippen MR) is 139 cm³/mol. The van der Waals surface area contributed by atoms with Crippen LogP contribution in [0.15, 0.2) is 24.3 Å². The predicted octanol–water partition coefficient (Wildman–Crippen LogP) is 2.72. The van der Waals surface area contributed by atoms with Crippen molar-refractivity contribution in [3.8, 4) is 5.75 Å². The fourth-order valence-corrected chi connectivity index (χ4v) is 6.33. The Hall–Kier alpha value is -2.65. The Kier molecular flexibility index (Phi) is 7.59. The molecule has 3 amide bonds. The summed E-state index contributed by atoms with van der Waals surface area (Å²) in [4.78, 5) is 43.0. The molecule has 3 fully saturated rings. The minimum atomic E-state index is -1.10. The van der Waals surface area contributed by atoms with E-state index in [2.05, 4.69) is 10.6 Å². The highest BCUT2D eigenvalue weighted by molar-refractivity contribution is 6.02. The molecule has 2 bridgehead atoms. The third-order valence-electron chi connectivity index (χ3n) is 8.07. The normalized spacial score (nSPS) is 30.1. The van der Waals surface area contributed by atoms with Gasteiger partial charge in [0.25, 0.3) is 0 Å². The number of hydrogen-bond donors (Lipinski definition) is 3. The van der Waals surface area contributed by atoms with Crippen molar-refractivity contribution in [3.63, 3.8) is 0 Å². The first kappa shape index (κ1) is 27.4. The van der Waals surface area contributed by atoms with Crippen molar-refractivity contribution in [2.75, 3.05) is 18.5 Å². The number of amides is 3. The molecule has 9 heteroatoms. The molecule has 1 aromatic carbocycles. The van der Waals surface area contributed by atoms with Crippen LogP contribution < -0.4 is 15.4 Å². The fourth-order valence-electron chi connectivity index (χ4n) is 6.33. The molecule has 0 aromatic heterocycles. The number of nitrogens with zero attached hydrogens (tertiary/aromatic N) is 1. The van der Waals surface area contributed by atoms with Crippen LogP contribution in [0.1, 0.15) is 60.8 Å². The van der Waals surface area contributed by atoms with Crippen LogP contribution in [0.4, 0.5) is 5.69 Å². The number of fused-ring (bicyclic) bond motifs is 1. The van der Waals surface area contributed by atoms with E-state index in [1.54, 1.807) is 29.2 Å².